The second kappa shape index (κ2) is 12.3. The first-order chi connectivity index (χ1) is 19.6. The molecule has 0 aliphatic heterocycles. The SMILES string of the molecule is COc1cnc(NC(=O)C(C)(C)C)c(-c2cc(OC)ncc2Cl)c1.COc1cnc2[nH]c3cnc(OC)cc3c2c1. The van der Waals surface area contributed by atoms with Crippen LogP contribution in [-0.4, -0.2) is 59.3 Å². The van der Waals surface area contributed by atoms with E-state index in [2.05, 4.69) is 30.2 Å². The molecule has 0 radical (unpaired) electrons. The number of rotatable bonds is 6. The number of pyridine rings is 4. The minimum Gasteiger partial charge on any atom is -0.495 e. The second-order valence-electron chi connectivity index (χ2n) is 9.85. The lowest BCUT2D eigenvalue weighted by molar-refractivity contribution is -0.123. The Kier molecular flexibility index (Phi) is 8.77. The summed E-state index contributed by atoms with van der Waals surface area (Å²) < 4.78 is 20.7. The molecule has 0 aliphatic rings. The number of aromatic nitrogens is 5. The van der Waals surface area contributed by atoms with Gasteiger partial charge in [0.25, 0.3) is 0 Å². The second-order valence-corrected chi connectivity index (χ2v) is 10.3. The average molecular weight is 579 g/mol. The molecular formula is C29H31ClN6O5. The Labute approximate surface area is 242 Å². The molecule has 214 valence electrons. The number of fused-ring (bicyclic) bond motifs is 3. The molecule has 0 atom stereocenters. The Morgan fingerprint density at radius 1 is 0.756 bits per heavy atom. The topological polar surface area (TPSA) is 133 Å². The number of aromatic amines is 1. The van der Waals surface area contributed by atoms with Gasteiger partial charge in [0.1, 0.15) is 23.0 Å². The van der Waals surface area contributed by atoms with Crippen LogP contribution in [0.2, 0.25) is 5.02 Å². The normalized spacial score (nSPS) is 11.0. The lowest BCUT2D eigenvalue weighted by Crippen LogP contribution is -2.28. The lowest BCUT2D eigenvalue weighted by Gasteiger charge is -2.19. The lowest BCUT2D eigenvalue weighted by atomic mass is 9.95. The van der Waals surface area contributed by atoms with Crippen molar-refractivity contribution in [3.8, 4) is 34.4 Å². The zero-order chi connectivity index (χ0) is 29.7. The molecule has 0 saturated carbocycles. The fraction of sp³-hybridized carbons (Fsp3) is 0.276. The van der Waals surface area contributed by atoms with Crippen LogP contribution in [0.15, 0.2) is 49.1 Å². The average Bonchev–Trinajstić information content (AvgIpc) is 3.34. The molecule has 0 bridgehead atoms. The van der Waals surface area contributed by atoms with E-state index in [-0.39, 0.29) is 5.91 Å². The smallest absolute Gasteiger partial charge is 0.230 e. The Morgan fingerprint density at radius 2 is 1.39 bits per heavy atom. The molecule has 0 spiro atoms. The molecule has 11 nitrogen and oxygen atoms in total. The Bertz CT molecular complexity index is 1640. The van der Waals surface area contributed by atoms with Crippen molar-refractivity contribution in [3.05, 3.63) is 54.1 Å². The molecule has 1 amide bonds. The van der Waals surface area contributed by atoms with Crippen LogP contribution >= 0.6 is 11.6 Å². The highest BCUT2D eigenvalue weighted by molar-refractivity contribution is 6.33. The van der Waals surface area contributed by atoms with Crippen LogP contribution in [0.25, 0.3) is 33.1 Å². The third-order valence-electron chi connectivity index (χ3n) is 6.07. The Morgan fingerprint density at radius 3 is 2.05 bits per heavy atom. The first-order valence-corrected chi connectivity index (χ1v) is 12.9. The van der Waals surface area contributed by atoms with Crippen molar-refractivity contribution in [2.24, 2.45) is 5.41 Å². The monoisotopic (exact) mass is 578 g/mol. The summed E-state index contributed by atoms with van der Waals surface area (Å²) in [7, 11) is 6.29. The van der Waals surface area contributed by atoms with E-state index >= 15 is 0 Å². The van der Waals surface area contributed by atoms with Gasteiger partial charge >= 0.3 is 0 Å². The van der Waals surface area contributed by atoms with Crippen molar-refractivity contribution < 1.29 is 23.7 Å². The number of ether oxygens (including phenoxy) is 4. The third kappa shape index (κ3) is 6.58. The quantitative estimate of drug-likeness (QED) is 0.251. The van der Waals surface area contributed by atoms with E-state index in [0.717, 1.165) is 27.7 Å². The summed E-state index contributed by atoms with van der Waals surface area (Å²) in [5.41, 5.74) is 2.45. The first-order valence-electron chi connectivity index (χ1n) is 12.5. The van der Waals surface area contributed by atoms with Gasteiger partial charge in [0.15, 0.2) is 0 Å². The van der Waals surface area contributed by atoms with E-state index < -0.39 is 5.41 Å². The number of carbonyl (C=O) groups is 1. The predicted octanol–water partition coefficient (Wildman–Crippen LogP) is 5.93. The highest BCUT2D eigenvalue weighted by Crippen LogP contribution is 2.36. The van der Waals surface area contributed by atoms with E-state index in [0.29, 0.717) is 39.5 Å². The highest BCUT2D eigenvalue weighted by Gasteiger charge is 2.24. The molecule has 0 fully saturated rings. The van der Waals surface area contributed by atoms with Crippen molar-refractivity contribution in [1.29, 1.82) is 0 Å². The molecule has 0 unspecified atom stereocenters. The van der Waals surface area contributed by atoms with Gasteiger partial charge in [0.2, 0.25) is 17.7 Å². The number of amides is 1. The zero-order valence-corrected chi connectivity index (χ0v) is 24.6. The standard InChI is InChI=1S/C17H20ClN3O3.C12H11N3O2/c1-17(2,3)16(22)21-15-12(6-10(23-4)8-20-15)11-7-14(24-5)19-9-13(11)18;1-16-7-3-9-8-4-11(17-2)13-6-10(8)15-12(9)14-5-7/h6-9H,1-5H3,(H,20,21,22);3-6H,1-2H3,(H,14,15). The van der Waals surface area contributed by atoms with E-state index in [4.69, 9.17) is 30.5 Å². The summed E-state index contributed by atoms with van der Waals surface area (Å²) in [6.07, 6.45) is 6.45. The maximum atomic E-state index is 12.3. The van der Waals surface area contributed by atoms with Gasteiger partial charge in [-0.3, -0.25) is 4.79 Å². The van der Waals surface area contributed by atoms with Gasteiger partial charge in [-0.1, -0.05) is 32.4 Å². The number of hydrogen-bond acceptors (Lipinski definition) is 9. The maximum absolute atomic E-state index is 12.3. The summed E-state index contributed by atoms with van der Waals surface area (Å²) in [5, 5.41) is 5.28. The first kappa shape index (κ1) is 29.3. The fourth-order valence-electron chi connectivity index (χ4n) is 3.75. The van der Waals surface area contributed by atoms with Crippen molar-refractivity contribution in [2.45, 2.75) is 20.8 Å². The van der Waals surface area contributed by atoms with Gasteiger partial charge in [-0.25, -0.2) is 19.9 Å². The predicted molar refractivity (Wildman–Crippen MR) is 158 cm³/mol. The minimum atomic E-state index is -0.557. The number of hydrogen-bond donors (Lipinski definition) is 2. The number of nitrogens with zero attached hydrogens (tertiary/aromatic N) is 4. The van der Waals surface area contributed by atoms with E-state index in [1.165, 1.54) is 19.5 Å². The summed E-state index contributed by atoms with van der Waals surface area (Å²) in [6.45, 7) is 5.48. The van der Waals surface area contributed by atoms with Crippen LogP contribution in [0.5, 0.6) is 23.3 Å². The summed E-state index contributed by atoms with van der Waals surface area (Å²) in [4.78, 5) is 32.3. The van der Waals surface area contributed by atoms with Crippen molar-refractivity contribution >= 4 is 45.3 Å². The van der Waals surface area contributed by atoms with E-state index in [1.54, 1.807) is 45.9 Å². The number of methoxy groups -OCH3 is 4. The fourth-order valence-corrected chi connectivity index (χ4v) is 3.96. The van der Waals surface area contributed by atoms with Crippen LogP contribution in [0, 0.1) is 5.41 Å². The van der Waals surface area contributed by atoms with Crippen molar-refractivity contribution in [1.82, 2.24) is 24.9 Å². The molecule has 5 rings (SSSR count). The number of nitrogens with one attached hydrogen (secondary N) is 2. The number of halogens is 1. The molecular weight excluding hydrogens is 548 g/mol. The number of anilines is 1. The number of carbonyl (C=O) groups excluding carboxylic acids is 1. The largest absolute Gasteiger partial charge is 0.495 e. The molecule has 0 aromatic carbocycles. The van der Waals surface area contributed by atoms with Crippen LogP contribution in [0.3, 0.4) is 0 Å². The maximum Gasteiger partial charge on any atom is 0.230 e. The van der Waals surface area contributed by atoms with Crippen molar-refractivity contribution in [2.75, 3.05) is 33.8 Å². The zero-order valence-electron chi connectivity index (χ0n) is 23.8. The van der Waals surface area contributed by atoms with Crippen LogP contribution in [0.4, 0.5) is 5.82 Å². The molecule has 5 aromatic heterocycles. The molecule has 41 heavy (non-hydrogen) atoms. The van der Waals surface area contributed by atoms with Gasteiger partial charge in [-0.05, 0) is 12.1 Å². The van der Waals surface area contributed by atoms with Crippen LogP contribution < -0.4 is 24.3 Å². The molecule has 5 heterocycles. The van der Waals surface area contributed by atoms with E-state index in [1.807, 2.05) is 32.9 Å². The molecule has 0 saturated heterocycles. The van der Waals surface area contributed by atoms with Gasteiger partial charge in [0.05, 0.1) is 63.8 Å². The minimum absolute atomic E-state index is 0.154. The highest BCUT2D eigenvalue weighted by atomic mass is 35.5. The van der Waals surface area contributed by atoms with Crippen LogP contribution in [0.1, 0.15) is 20.8 Å². The van der Waals surface area contributed by atoms with Gasteiger partial charge in [-0.2, -0.15) is 0 Å². The summed E-state index contributed by atoms with van der Waals surface area (Å²) in [6, 6.07) is 7.27. The van der Waals surface area contributed by atoms with Gasteiger partial charge < -0.3 is 29.2 Å². The third-order valence-corrected chi connectivity index (χ3v) is 6.37. The van der Waals surface area contributed by atoms with Crippen LogP contribution in [-0.2, 0) is 4.79 Å². The molecule has 12 heteroatoms. The van der Waals surface area contributed by atoms with E-state index in [9.17, 15) is 4.79 Å². The Hall–Kier alpha value is -4.64. The molecule has 2 N–H and O–H groups in total. The molecule has 5 aromatic rings. The Balaban J connectivity index is 0.000000199. The van der Waals surface area contributed by atoms with Gasteiger partial charge in [0, 0.05) is 39.4 Å². The summed E-state index contributed by atoms with van der Waals surface area (Å²) in [5.74, 6) is 2.51. The number of H-pyrrole nitrogens is 1. The molecule has 0 aliphatic carbocycles. The van der Waals surface area contributed by atoms with Gasteiger partial charge in [-0.15, -0.1) is 0 Å². The summed E-state index contributed by atoms with van der Waals surface area (Å²) >= 11 is 6.28. The van der Waals surface area contributed by atoms with Crippen molar-refractivity contribution in [3.63, 3.8) is 0 Å².